The summed E-state index contributed by atoms with van der Waals surface area (Å²) in [6, 6.07) is 1.75. The zero-order chi connectivity index (χ0) is 9.97. The third kappa shape index (κ3) is 1.82. The summed E-state index contributed by atoms with van der Waals surface area (Å²) < 4.78 is 0. The normalized spacial score (nSPS) is 35.6. The van der Waals surface area contributed by atoms with Gasteiger partial charge in [-0.05, 0) is 51.9 Å². The highest BCUT2D eigenvalue weighted by molar-refractivity contribution is 4.93. The molecule has 0 amide bonds. The first kappa shape index (κ1) is 10.4. The van der Waals surface area contributed by atoms with Crippen LogP contribution in [-0.4, -0.2) is 48.1 Å². The Morgan fingerprint density at radius 3 is 1.64 bits per heavy atom. The third-order valence-electron chi connectivity index (χ3n) is 4.08. The highest BCUT2D eigenvalue weighted by atomic mass is 15.3. The molecule has 0 spiro atoms. The molecule has 0 saturated carbocycles. The van der Waals surface area contributed by atoms with Crippen LogP contribution >= 0.6 is 0 Å². The smallest absolute Gasteiger partial charge is 0.0251 e. The molecule has 0 radical (unpaired) electrons. The minimum atomic E-state index is 0.877. The highest BCUT2D eigenvalue weighted by Crippen LogP contribution is 2.29. The Kier molecular flexibility index (Phi) is 3.45. The van der Waals surface area contributed by atoms with E-state index in [-0.39, 0.29) is 0 Å². The van der Waals surface area contributed by atoms with Crippen molar-refractivity contribution in [1.82, 2.24) is 9.80 Å². The topological polar surface area (TPSA) is 6.48 Å². The summed E-state index contributed by atoms with van der Waals surface area (Å²) in [6.45, 7) is 9.81. The van der Waals surface area contributed by atoms with Gasteiger partial charge in [-0.25, -0.2) is 0 Å². The predicted octanol–water partition coefficient (Wildman–Crippen LogP) is 1.95. The van der Waals surface area contributed by atoms with E-state index in [2.05, 4.69) is 23.6 Å². The van der Waals surface area contributed by atoms with E-state index in [0.29, 0.717) is 0 Å². The van der Waals surface area contributed by atoms with Crippen molar-refractivity contribution in [2.75, 3.05) is 26.2 Å². The molecule has 14 heavy (non-hydrogen) atoms. The van der Waals surface area contributed by atoms with Gasteiger partial charge >= 0.3 is 0 Å². The van der Waals surface area contributed by atoms with Crippen molar-refractivity contribution in [3.05, 3.63) is 0 Å². The van der Waals surface area contributed by atoms with Gasteiger partial charge in [0, 0.05) is 12.1 Å². The zero-order valence-electron chi connectivity index (χ0n) is 9.71. The first-order valence-corrected chi connectivity index (χ1v) is 6.35. The first-order chi connectivity index (χ1) is 6.86. The van der Waals surface area contributed by atoms with Gasteiger partial charge < -0.3 is 0 Å². The van der Waals surface area contributed by atoms with E-state index < -0.39 is 0 Å². The van der Waals surface area contributed by atoms with E-state index in [1.54, 1.807) is 0 Å². The Bertz CT molecular complexity index is 161. The molecule has 2 rings (SSSR count). The average molecular weight is 196 g/mol. The number of fused-ring (bicyclic) bond motifs is 1. The fraction of sp³-hybridized carbons (Fsp3) is 1.00. The van der Waals surface area contributed by atoms with Gasteiger partial charge in [-0.15, -0.1) is 0 Å². The Hall–Kier alpha value is -0.0800. The molecule has 0 unspecified atom stereocenters. The fourth-order valence-electron chi connectivity index (χ4n) is 3.36. The van der Waals surface area contributed by atoms with E-state index in [1.807, 2.05) is 0 Å². The van der Waals surface area contributed by atoms with Gasteiger partial charge in [-0.3, -0.25) is 9.80 Å². The van der Waals surface area contributed by atoms with E-state index in [4.69, 9.17) is 0 Å². The monoisotopic (exact) mass is 196 g/mol. The van der Waals surface area contributed by atoms with Crippen molar-refractivity contribution >= 4 is 0 Å². The SMILES string of the molecule is CCN1CCC[C@@H]2[C@H]1CCCN2CC. The van der Waals surface area contributed by atoms with Crippen LogP contribution in [0.5, 0.6) is 0 Å². The largest absolute Gasteiger partial charge is 0.299 e. The second kappa shape index (κ2) is 4.63. The minimum absolute atomic E-state index is 0.877. The van der Waals surface area contributed by atoms with Crippen LogP contribution in [0.2, 0.25) is 0 Å². The second-order valence-electron chi connectivity index (χ2n) is 4.68. The van der Waals surface area contributed by atoms with Crippen molar-refractivity contribution in [3.8, 4) is 0 Å². The van der Waals surface area contributed by atoms with Crippen molar-refractivity contribution in [2.24, 2.45) is 0 Å². The maximum absolute atomic E-state index is 2.70. The third-order valence-corrected chi connectivity index (χ3v) is 4.08. The van der Waals surface area contributed by atoms with Crippen LogP contribution in [0.3, 0.4) is 0 Å². The first-order valence-electron chi connectivity index (χ1n) is 6.35. The molecule has 2 fully saturated rings. The average Bonchev–Trinajstić information content (AvgIpc) is 2.27. The summed E-state index contributed by atoms with van der Waals surface area (Å²) in [5, 5.41) is 0. The lowest BCUT2D eigenvalue weighted by atomic mass is 9.88. The molecule has 2 heterocycles. The molecular weight excluding hydrogens is 172 g/mol. The van der Waals surface area contributed by atoms with Crippen molar-refractivity contribution < 1.29 is 0 Å². The van der Waals surface area contributed by atoms with Gasteiger partial charge in [0.2, 0.25) is 0 Å². The fourth-order valence-corrected chi connectivity index (χ4v) is 3.36. The number of likely N-dealkylation sites (tertiary alicyclic amines) is 2. The maximum atomic E-state index is 2.70. The van der Waals surface area contributed by atoms with Gasteiger partial charge in [0.1, 0.15) is 0 Å². The number of likely N-dealkylation sites (N-methyl/N-ethyl adjacent to an activating group) is 2. The van der Waals surface area contributed by atoms with Gasteiger partial charge in [-0.1, -0.05) is 13.8 Å². The van der Waals surface area contributed by atoms with Crippen LogP contribution in [0.4, 0.5) is 0 Å². The van der Waals surface area contributed by atoms with Crippen molar-refractivity contribution in [3.63, 3.8) is 0 Å². The number of hydrogen-bond donors (Lipinski definition) is 0. The summed E-state index contributed by atoms with van der Waals surface area (Å²) in [4.78, 5) is 5.41. The molecule has 2 atom stereocenters. The van der Waals surface area contributed by atoms with Gasteiger partial charge in [0.05, 0.1) is 0 Å². The Labute approximate surface area is 88.3 Å². The van der Waals surface area contributed by atoms with E-state index in [0.717, 1.165) is 12.1 Å². The Morgan fingerprint density at radius 2 is 1.29 bits per heavy atom. The summed E-state index contributed by atoms with van der Waals surface area (Å²) in [5.41, 5.74) is 0. The minimum Gasteiger partial charge on any atom is -0.299 e. The molecule has 0 aromatic rings. The molecule has 0 N–H and O–H groups in total. The molecule has 0 bridgehead atoms. The summed E-state index contributed by atoms with van der Waals surface area (Å²) in [5.74, 6) is 0. The molecule has 82 valence electrons. The molecule has 0 aliphatic carbocycles. The Morgan fingerprint density at radius 1 is 0.857 bits per heavy atom. The molecule has 2 saturated heterocycles. The molecule has 0 aromatic carbocycles. The molecule has 2 aliphatic rings. The van der Waals surface area contributed by atoms with E-state index in [9.17, 15) is 0 Å². The predicted molar refractivity (Wildman–Crippen MR) is 60.5 cm³/mol. The lowest BCUT2D eigenvalue weighted by Gasteiger charge is -2.49. The van der Waals surface area contributed by atoms with E-state index >= 15 is 0 Å². The molecule has 2 nitrogen and oxygen atoms in total. The quantitative estimate of drug-likeness (QED) is 0.666. The van der Waals surface area contributed by atoms with Crippen LogP contribution in [0.25, 0.3) is 0 Å². The summed E-state index contributed by atoms with van der Waals surface area (Å²) in [7, 11) is 0. The van der Waals surface area contributed by atoms with Gasteiger partial charge in [-0.2, -0.15) is 0 Å². The van der Waals surface area contributed by atoms with Gasteiger partial charge in [0.25, 0.3) is 0 Å². The molecular formula is C12H24N2. The van der Waals surface area contributed by atoms with Crippen LogP contribution in [0.15, 0.2) is 0 Å². The highest BCUT2D eigenvalue weighted by Gasteiger charge is 2.35. The number of piperidine rings is 2. The summed E-state index contributed by atoms with van der Waals surface area (Å²) in [6.07, 6.45) is 5.70. The number of nitrogens with zero attached hydrogens (tertiary/aromatic N) is 2. The Balaban J connectivity index is 2.04. The van der Waals surface area contributed by atoms with Gasteiger partial charge in [0.15, 0.2) is 0 Å². The van der Waals surface area contributed by atoms with Crippen LogP contribution in [0.1, 0.15) is 39.5 Å². The van der Waals surface area contributed by atoms with Crippen LogP contribution < -0.4 is 0 Å². The molecule has 2 aliphatic heterocycles. The lowest BCUT2D eigenvalue weighted by molar-refractivity contribution is 0.0119. The second-order valence-corrected chi connectivity index (χ2v) is 4.68. The molecule has 2 heteroatoms. The van der Waals surface area contributed by atoms with Crippen LogP contribution in [0, 0.1) is 0 Å². The molecule has 0 aromatic heterocycles. The zero-order valence-corrected chi connectivity index (χ0v) is 9.71. The van der Waals surface area contributed by atoms with Crippen molar-refractivity contribution in [2.45, 2.75) is 51.6 Å². The standard InChI is InChI=1S/C12H24N2/c1-3-13-9-5-8-12-11(13)7-6-10-14(12)4-2/h11-12H,3-10H2,1-2H3/t11-,12-/m1/s1. The maximum Gasteiger partial charge on any atom is 0.0251 e. The van der Waals surface area contributed by atoms with E-state index in [1.165, 1.54) is 51.9 Å². The van der Waals surface area contributed by atoms with Crippen LogP contribution in [-0.2, 0) is 0 Å². The number of hydrogen-bond acceptors (Lipinski definition) is 2. The summed E-state index contributed by atoms with van der Waals surface area (Å²) >= 11 is 0. The van der Waals surface area contributed by atoms with Crippen molar-refractivity contribution in [1.29, 1.82) is 0 Å². The number of rotatable bonds is 2. The lowest BCUT2D eigenvalue weighted by Crippen LogP contribution is -2.58.